The Kier molecular flexibility index (Phi) is 4.82. The lowest BCUT2D eigenvalue weighted by Crippen LogP contribution is -1.98. The topological polar surface area (TPSA) is 35.5 Å². The fraction of sp³-hybridized carbons (Fsp3) is 0.0870. The van der Waals surface area contributed by atoms with Gasteiger partial charge in [-0.3, -0.25) is 4.79 Å². The zero-order valence-electron chi connectivity index (χ0n) is 14.7. The predicted molar refractivity (Wildman–Crippen MR) is 109 cm³/mol. The molecule has 0 amide bonds. The molecule has 4 heteroatoms. The molecule has 0 saturated carbocycles. The van der Waals surface area contributed by atoms with Gasteiger partial charge in [0.15, 0.2) is 5.76 Å². The van der Waals surface area contributed by atoms with E-state index in [0.717, 1.165) is 15.6 Å². The molecule has 3 nitrogen and oxygen atoms in total. The fourth-order valence-corrected chi connectivity index (χ4v) is 3.35. The van der Waals surface area contributed by atoms with Crippen molar-refractivity contribution in [3.05, 3.63) is 99.2 Å². The third kappa shape index (κ3) is 3.81. The number of ether oxygens (including phenoxy) is 2. The summed E-state index contributed by atoms with van der Waals surface area (Å²) in [5, 5.41) is 0. The van der Waals surface area contributed by atoms with Crippen molar-refractivity contribution < 1.29 is 14.3 Å². The third-order valence-corrected chi connectivity index (χ3v) is 4.94. The first kappa shape index (κ1) is 17.6. The molecule has 0 fully saturated rings. The number of ketones is 1. The largest absolute Gasteiger partial charge is 0.489 e. The summed E-state index contributed by atoms with van der Waals surface area (Å²) in [7, 11) is 0. The summed E-state index contributed by atoms with van der Waals surface area (Å²) in [5.74, 6) is 1.41. The number of fused-ring (bicyclic) bond motifs is 1. The lowest BCUT2D eigenvalue weighted by molar-refractivity contribution is 0.101. The van der Waals surface area contributed by atoms with Crippen LogP contribution in [0.15, 0.2) is 77.0 Å². The van der Waals surface area contributed by atoms with Gasteiger partial charge in [-0.1, -0.05) is 52.3 Å². The number of rotatable bonds is 4. The molecule has 1 heterocycles. The van der Waals surface area contributed by atoms with Crippen molar-refractivity contribution in [2.24, 2.45) is 0 Å². The smallest absolute Gasteiger partial charge is 0.231 e. The summed E-state index contributed by atoms with van der Waals surface area (Å²) in [5.41, 5.74) is 3.77. The summed E-state index contributed by atoms with van der Waals surface area (Å²) in [6, 6.07) is 21.1. The van der Waals surface area contributed by atoms with Crippen LogP contribution in [-0.2, 0) is 6.61 Å². The summed E-state index contributed by atoms with van der Waals surface area (Å²) < 4.78 is 12.6. The summed E-state index contributed by atoms with van der Waals surface area (Å²) in [4.78, 5) is 12.6. The highest BCUT2D eigenvalue weighted by molar-refractivity contribution is 9.10. The fourth-order valence-electron chi connectivity index (χ4n) is 2.94. The van der Waals surface area contributed by atoms with Crippen LogP contribution < -0.4 is 9.47 Å². The second-order valence-corrected chi connectivity index (χ2v) is 7.28. The van der Waals surface area contributed by atoms with Crippen LogP contribution in [0.4, 0.5) is 0 Å². The van der Waals surface area contributed by atoms with Crippen molar-refractivity contribution in [2.75, 3.05) is 0 Å². The molecule has 4 rings (SSSR count). The summed E-state index contributed by atoms with van der Waals surface area (Å²) in [6.07, 6.45) is 1.75. The van der Waals surface area contributed by atoms with Gasteiger partial charge >= 0.3 is 0 Å². The van der Waals surface area contributed by atoms with Gasteiger partial charge in [0, 0.05) is 10.5 Å². The molecule has 1 aliphatic rings. The predicted octanol–water partition coefficient (Wildman–Crippen LogP) is 5.95. The van der Waals surface area contributed by atoms with Gasteiger partial charge in [0.25, 0.3) is 0 Å². The van der Waals surface area contributed by atoms with Gasteiger partial charge in [0.05, 0.1) is 5.56 Å². The molecule has 0 N–H and O–H groups in total. The van der Waals surface area contributed by atoms with E-state index in [1.54, 1.807) is 24.3 Å². The zero-order chi connectivity index (χ0) is 18.8. The van der Waals surface area contributed by atoms with Crippen LogP contribution in [0, 0.1) is 6.92 Å². The van der Waals surface area contributed by atoms with Crippen molar-refractivity contribution in [2.45, 2.75) is 13.5 Å². The molecule has 0 spiro atoms. The molecule has 3 aromatic rings. The molecule has 0 saturated heterocycles. The maximum atomic E-state index is 12.6. The number of hydrogen-bond donors (Lipinski definition) is 0. The Morgan fingerprint density at radius 2 is 1.89 bits per heavy atom. The molecule has 0 aliphatic carbocycles. The highest BCUT2D eigenvalue weighted by Gasteiger charge is 2.27. The third-order valence-electron chi connectivity index (χ3n) is 4.44. The number of carbonyl (C=O) groups excluding carboxylic acids is 1. The van der Waals surface area contributed by atoms with Gasteiger partial charge in [-0.25, -0.2) is 0 Å². The molecule has 134 valence electrons. The van der Waals surface area contributed by atoms with Crippen LogP contribution in [0.5, 0.6) is 11.5 Å². The Morgan fingerprint density at radius 3 is 2.70 bits per heavy atom. The molecule has 0 bridgehead atoms. The van der Waals surface area contributed by atoms with Crippen molar-refractivity contribution >= 4 is 27.8 Å². The van der Waals surface area contributed by atoms with Crippen LogP contribution in [0.3, 0.4) is 0 Å². The highest BCUT2D eigenvalue weighted by atomic mass is 79.9. The van der Waals surface area contributed by atoms with Crippen LogP contribution in [0.2, 0.25) is 0 Å². The minimum absolute atomic E-state index is 0.115. The van der Waals surface area contributed by atoms with E-state index >= 15 is 0 Å². The van der Waals surface area contributed by atoms with E-state index in [0.29, 0.717) is 29.4 Å². The second-order valence-electron chi connectivity index (χ2n) is 6.37. The van der Waals surface area contributed by atoms with Crippen LogP contribution >= 0.6 is 15.9 Å². The quantitative estimate of drug-likeness (QED) is 0.488. The van der Waals surface area contributed by atoms with Gasteiger partial charge in [0.1, 0.15) is 18.1 Å². The van der Waals surface area contributed by atoms with Gasteiger partial charge in [-0.15, -0.1) is 0 Å². The number of halogens is 1. The van der Waals surface area contributed by atoms with Crippen LogP contribution in [0.1, 0.15) is 27.0 Å². The highest BCUT2D eigenvalue weighted by Crippen LogP contribution is 2.35. The van der Waals surface area contributed by atoms with E-state index in [4.69, 9.17) is 9.47 Å². The van der Waals surface area contributed by atoms with Gasteiger partial charge in [-0.2, -0.15) is 0 Å². The molecule has 0 radical (unpaired) electrons. The first-order chi connectivity index (χ1) is 13.1. The zero-order valence-corrected chi connectivity index (χ0v) is 16.3. The SMILES string of the molecule is Cc1ccccc1COc1ccc2c(c1)OC(=Cc1cccc(Br)c1)C2=O. The lowest BCUT2D eigenvalue weighted by atomic mass is 10.1. The Labute approximate surface area is 166 Å². The Balaban J connectivity index is 1.53. The number of aryl methyl sites for hydroxylation is 1. The van der Waals surface area contributed by atoms with Crippen LogP contribution in [-0.4, -0.2) is 5.78 Å². The van der Waals surface area contributed by atoms with E-state index in [-0.39, 0.29) is 5.78 Å². The Hall–Kier alpha value is -2.85. The average Bonchev–Trinajstić information content (AvgIpc) is 2.96. The summed E-state index contributed by atoms with van der Waals surface area (Å²) in [6.45, 7) is 2.53. The lowest BCUT2D eigenvalue weighted by Gasteiger charge is -2.09. The standard InChI is InChI=1S/C23H17BrO3/c1-15-5-2-3-7-17(15)14-26-19-9-10-20-21(13-19)27-22(23(20)25)12-16-6-4-8-18(24)11-16/h2-13H,14H2,1H3. The van der Waals surface area contributed by atoms with E-state index in [2.05, 4.69) is 28.9 Å². The van der Waals surface area contributed by atoms with Crippen molar-refractivity contribution in [1.82, 2.24) is 0 Å². The van der Waals surface area contributed by atoms with E-state index in [1.165, 1.54) is 5.56 Å². The number of hydrogen-bond acceptors (Lipinski definition) is 3. The first-order valence-electron chi connectivity index (χ1n) is 8.61. The number of Topliss-reactive ketones (excluding diaryl/α,β-unsaturated/α-hetero) is 1. The first-order valence-corrected chi connectivity index (χ1v) is 9.40. The van der Waals surface area contributed by atoms with Crippen molar-refractivity contribution in [3.8, 4) is 11.5 Å². The van der Waals surface area contributed by atoms with E-state index < -0.39 is 0 Å². The van der Waals surface area contributed by atoms with Gasteiger partial charge in [-0.05, 0) is 54.0 Å². The molecule has 3 aromatic carbocycles. The minimum atomic E-state index is -0.115. The molecular weight excluding hydrogens is 404 g/mol. The normalized spacial score (nSPS) is 14.1. The Bertz CT molecular complexity index is 1050. The second kappa shape index (κ2) is 7.41. The molecule has 27 heavy (non-hydrogen) atoms. The molecular formula is C23H17BrO3. The number of benzene rings is 3. The molecule has 1 aliphatic heterocycles. The number of carbonyl (C=O) groups is 1. The van der Waals surface area contributed by atoms with E-state index in [1.807, 2.05) is 42.5 Å². The van der Waals surface area contributed by atoms with Crippen molar-refractivity contribution in [1.29, 1.82) is 0 Å². The summed E-state index contributed by atoms with van der Waals surface area (Å²) >= 11 is 3.43. The molecule has 0 aromatic heterocycles. The van der Waals surface area contributed by atoms with E-state index in [9.17, 15) is 4.79 Å². The van der Waals surface area contributed by atoms with Crippen LogP contribution in [0.25, 0.3) is 6.08 Å². The Morgan fingerprint density at radius 1 is 1.04 bits per heavy atom. The molecule has 0 unspecified atom stereocenters. The maximum absolute atomic E-state index is 12.6. The maximum Gasteiger partial charge on any atom is 0.231 e. The van der Waals surface area contributed by atoms with Crippen molar-refractivity contribution in [3.63, 3.8) is 0 Å². The molecule has 0 atom stereocenters. The number of allylic oxidation sites excluding steroid dienone is 1. The monoisotopic (exact) mass is 420 g/mol. The minimum Gasteiger partial charge on any atom is -0.489 e. The average molecular weight is 421 g/mol. The van der Waals surface area contributed by atoms with Gasteiger partial charge in [0.2, 0.25) is 5.78 Å². The van der Waals surface area contributed by atoms with Gasteiger partial charge < -0.3 is 9.47 Å².